The lowest BCUT2D eigenvalue weighted by molar-refractivity contribution is -0.145. The van der Waals surface area contributed by atoms with Crippen molar-refractivity contribution in [1.29, 1.82) is 0 Å². The molecule has 0 aromatic heterocycles. The minimum atomic E-state index is -0.725. The number of ether oxygens (including phenoxy) is 1. The van der Waals surface area contributed by atoms with Crippen LogP contribution in [-0.2, 0) is 25.5 Å². The van der Waals surface area contributed by atoms with Gasteiger partial charge >= 0.3 is 5.97 Å². The van der Waals surface area contributed by atoms with Crippen molar-refractivity contribution in [3.63, 3.8) is 0 Å². The fourth-order valence-electron chi connectivity index (χ4n) is 2.96. The lowest BCUT2D eigenvalue weighted by Crippen LogP contribution is -2.48. The van der Waals surface area contributed by atoms with Crippen LogP contribution in [0.25, 0.3) is 0 Å². The summed E-state index contributed by atoms with van der Waals surface area (Å²) in [6.07, 6.45) is 3.27. The quantitative estimate of drug-likeness (QED) is 0.604. The van der Waals surface area contributed by atoms with Gasteiger partial charge in [-0.25, -0.2) is 0 Å². The minimum Gasteiger partial charge on any atom is -0.465 e. The third-order valence-electron chi connectivity index (χ3n) is 4.13. The average Bonchev–Trinajstić information content (AvgIpc) is 2.63. The number of nitrogens with one attached hydrogen (secondary N) is 1. The second-order valence-electron chi connectivity index (χ2n) is 5.79. The molecule has 2 amide bonds. The van der Waals surface area contributed by atoms with E-state index < -0.39 is 12.0 Å². The summed E-state index contributed by atoms with van der Waals surface area (Å²) in [6.45, 7) is 5.86. The maximum Gasteiger partial charge on any atom is 0.325 e. The molecule has 1 aromatic rings. The third-order valence-corrected chi connectivity index (χ3v) is 4.13. The van der Waals surface area contributed by atoms with Gasteiger partial charge in [-0.05, 0) is 30.9 Å². The van der Waals surface area contributed by atoms with Gasteiger partial charge in [-0.2, -0.15) is 0 Å². The predicted octanol–water partition coefficient (Wildman–Crippen LogP) is 1.76. The van der Waals surface area contributed by atoms with Crippen LogP contribution in [0.1, 0.15) is 36.9 Å². The first-order valence-electron chi connectivity index (χ1n) is 8.50. The molecule has 1 unspecified atom stereocenters. The summed E-state index contributed by atoms with van der Waals surface area (Å²) >= 11 is 0. The van der Waals surface area contributed by atoms with Gasteiger partial charge in [0.05, 0.1) is 6.61 Å². The second-order valence-corrected chi connectivity index (χ2v) is 5.79. The van der Waals surface area contributed by atoms with Crippen LogP contribution in [0.5, 0.6) is 0 Å². The number of benzene rings is 1. The van der Waals surface area contributed by atoms with Crippen LogP contribution in [0.4, 0.5) is 0 Å². The Morgan fingerprint density at radius 2 is 2.12 bits per heavy atom. The molecule has 2 rings (SSSR count). The highest BCUT2D eigenvalue weighted by molar-refractivity contribution is 5.91. The van der Waals surface area contributed by atoms with Crippen LogP contribution in [0, 0.1) is 0 Å². The van der Waals surface area contributed by atoms with Gasteiger partial charge in [-0.15, -0.1) is 6.58 Å². The maximum absolute atomic E-state index is 12.7. The first-order chi connectivity index (χ1) is 12.1. The Balaban J connectivity index is 2.20. The van der Waals surface area contributed by atoms with Gasteiger partial charge in [0, 0.05) is 13.0 Å². The highest BCUT2D eigenvalue weighted by atomic mass is 16.5. The molecular formula is C19H24N2O4. The molecule has 6 nitrogen and oxygen atoms in total. The molecule has 0 bridgehead atoms. The minimum absolute atomic E-state index is 0.0920. The number of rotatable bonds is 7. The summed E-state index contributed by atoms with van der Waals surface area (Å²) < 4.78 is 4.83. The van der Waals surface area contributed by atoms with Crippen molar-refractivity contribution in [2.24, 2.45) is 0 Å². The second kappa shape index (κ2) is 9.01. The summed E-state index contributed by atoms with van der Waals surface area (Å²) in [5.74, 6) is -0.956. The van der Waals surface area contributed by atoms with Crippen molar-refractivity contribution in [3.8, 4) is 0 Å². The number of carbonyl (C=O) groups excluding carboxylic acids is 3. The zero-order chi connectivity index (χ0) is 18.2. The fraction of sp³-hybridized carbons (Fsp3) is 0.421. The number of esters is 1. The summed E-state index contributed by atoms with van der Waals surface area (Å²) in [6, 6.07) is 6.87. The van der Waals surface area contributed by atoms with E-state index in [0.29, 0.717) is 25.8 Å². The van der Waals surface area contributed by atoms with Crippen LogP contribution in [0.15, 0.2) is 36.9 Å². The zero-order valence-corrected chi connectivity index (χ0v) is 14.5. The topological polar surface area (TPSA) is 75.7 Å². The highest BCUT2D eigenvalue weighted by Crippen LogP contribution is 2.30. The Labute approximate surface area is 147 Å². The Kier molecular flexibility index (Phi) is 6.74. The fourth-order valence-corrected chi connectivity index (χ4v) is 2.96. The lowest BCUT2D eigenvalue weighted by Gasteiger charge is -2.36. The number of hydrogen-bond donors (Lipinski definition) is 1. The summed E-state index contributed by atoms with van der Waals surface area (Å²) in [5.41, 5.74) is 1.86. The lowest BCUT2D eigenvalue weighted by atomic mass is 9.91. The van der Waals surface area contributed by atoms with E-state index in [9.17, 15) is 14.4 Å². The summed E-state index contributed by atoms with van der Waals surface area (Å²) in [4.78, 5) is 38.3. The molecule has 0 spiro atoms. The first kappa shape index (κ1) is 18.7. The Morgan fingerprint density at radius 1 is 1.36 bits per heavy atom. The number of amides is 2. The number of carbonyl (C=O) groups is 3. The van der Waals surface area contributed by atoms with Gasteiger partial charge in [0.25, 0.3) is 0 Å². The van der Waals surface area contributed by atoms with E-state index in [1.54, 1.807) is 17.9 Å². The molecule has 0 radical (unpaired) electrons. The molecule has 0 saturated heterocycles. The van der Waals surface area contributed by atoms with Gasteiger partial charge in [-0.3, -0.25) is 14.4 Å². The van der Waals surface area contributed by atoms with Crippen LogP contribution in [0.2, 0.25) is 0 Å². The van der Waals surface area contributed by atoms with Crippen LogP contribution >= 0.6 is 0 Å². The van der Waals surface area contributed by atoms with Gasteiger partial charge in [-0.1, -0.05) is 30.3 Å². The van der Waals surface area contributed by atoms with Gasteiger partial charge in [0.2, 0.25) is 11.8 Å². The van der Waals surface area contributed by atoms with Crippen LogP contribution in [0.3, 0.4) is 0 Å². The van der Waals surface area contributed by atoms with E-state index >= 15 is 0 Å². The van der Waals surface area contributed by atoms with E-state index in [1.165, 1.54) is 0 Å². The first-order valence-corrected chi connectivity index (χ1v) is 8.50. The number of allylic oxidation sites excluding steroid dienone is 1. The number of nitrogens with zero attached hydrogens (tertiary/aromatic N) is 1. The Bertz CT molecular complexity index is 657. The van der Waals surface area contributed by atoms with Crippen LogP contribution in [-0.4, -0.2) is 42.4 Å². The molecule has 25 heavy (non-hydrogen) atoms. The van der Waals surface area contributed by atoms with E-state index in [1.807, 2.05) is 24.3 Å². The monoisotopic (exact) mass is 344 g/mol. The number of hydrogen-bond acceptors (Lipinski definition) is 4. The van der Waals surface area contributed by atoms with Gasteiger partial charge < -0.3 is 15.0 Å². The largest absolute Gasteiger partial charge is 0.465 e. The molecule has 1 aliphatic rings. The normalized spacial score (nSPS) is 15.9. The smallest absolute Gasteiger partial charge is 0.325 e. The third kappa shape index (κ3) is 4.68. The molecule has 1 atom stereocenters. The van der Waals surface area contributed by atoms with E-state index in [-0.39, 0.29) is 25.0 Å². The van der Waals surface area contributed by atoms with E-state index in [4.69, 9.17) is 4.74 Å². The summed E-state index contributed by atoms with van der Waals surface area (Å²) in [5, 5.41) is 2.59. The molecular weight excluding hydrogens is 320 g/mol. The Hall–Kier alpha value is -2.63. The molecule has 0 aliphatic carbocycles. The average molecular weight is 344 g/mol. The number of fused-ring (bicyclic) bond motifs is 1. The standard InChI is InChI=1S/C19H24N2O4/c1-3-5-10-16(22)21-12-11-14-8-6-7-9-15(14)18(21)19(24)20-13-17(23)25-4-2/h3,6-9,18H,1,4-5,10-13H2,2H3,(H,20,24). The van der Waals surface area contributed by atoms with Crippen molar-refractivity contribution < 1.29 is 19.1 Å². The zero-order valence-electron chi connectivity index (χ0n) is 14.5. The Morgan fingerprint density at radius 3 is 2.84 bits per heavy atom. The van der Waals surface area contributed by atoms with Crippen molar-refractivity contribution in [1.82, 2.24) is 10.2 Å². The SMILES string of the molecule is C=CCCC(=O)N1CCc2ccccc2C1C(=O)NCC(=O)OCC. The van der Waals surface area contributed by atoms with Crippen LogP contribution < -0.4 is 5.32 Å². The van der Waals surface area contributed by atoms with Crippen molar-refractivity contribution in [2.75, 3.05) is 19.7 Å². The molecule has 1 aliphatic heterocycles. The van der Waals surface area contributed by atoms with E-state index in [2.05, 4.69) is 11.9 Å². The molecule has 0 fully saturated rings. The molecule has 1 heterocycles. The highest BCUT2D eigenvalue weighted by Gasteiger charge is 2.35. The van der Waals surface area contributed by atoms with Crippen molar-refractivity contribution in [3.05, 3.63) is 48.0 Å². The van der Waals surface area contributed by atoms with E-state index in [0.717, 1.165) is 11.1 Å². The van der Waals surface area contributed by atoms with Crippen molar-refractivity contribution >= 4 is 17.8 Å². The van der Waals surface area contributed by atoms with Gasteiger partial charge in [0.15, 0.2) is 0 Å². The van der Waals surface area contributed by atoms with Crippen molar-refractivity contribution in [2.45, 2.75) is 32.2 Å². The van der Waals surface area contributed by atoms with Gasteiger partial charge in [0.1, 0.15) is 12.6 Å². The summed E-state index contributed by atoms with van der Waals surface area (Å²) in [7, 11) is 0. The molecule has 1 N–H and O–H groups in total. The maximum atomic E-state index is 12.7. The molecule has 0 saturated carbocycles. The predicted molar refractivity (Wildman–Crippen MR) is 93.7 cm³/mol. The molecule has 6 heteroatoms. The molecule has 1 aromatic carbocycles. The molecule has 134 valence electrons.